The van der Waals surface area contributed by atoms with Crippen LogP contribution in [0.3, 0.4) is 0 Å². The van der Waals surface area contributed by atoms with E-state index in [4.69, 9.17) is 23.2 Å². The van der Waals surface area contributed by atoms with Crippen molar-refractivity contribution in [2.24, 2.45) is 0 Å². The Labute approximate surface area is 154 Å². The highest BCUT2D eigenvalue weighted by atomic mass is 35.5. The zero-order chi connectivity index (χ0) is 16.7. The fraction of sp³-hybridized carbons (Fsp3) is 0.400. The summed E-state index contributed by atoms with van der Waals surface area (Å²) < 4.78 is 0. The van der Waals surface area contributed by atoms with E-state index in [0.717, 1.165) is 36.2 Å². The molecule has 1 fully saturated rings. The number of hydrogen-bond donors (Lipinski definition) is 0. The molecule has 2 heterocycles. The van der Waals surface area contributed by atoms with Gasteiger partial charge >= 0.3 is 0 Å². The number of nitrogens with zero attached hydrogens (tertiary/aromatic N) is 2. The molecule has 4 rings (SSSR count). The fourth-order valence-electron chi connectivity index (χ4n) is 4.14. The third-order valence-corrected chi connectivity index (χ3v) is 5.81. The highest BCUT2D eigenvalue weighted by molar-refractivity contribution is 6.35. The van der Waals surface area contributed by atoms with E-state index in [-0.39, 0.29) is 0 Å². The van der Waals surface area contributed by atoms with Crippen molar-refractivity contribution < 1.29 is 0 Å². The average Bonchev–Trinajstić information content (AvgIpc) is 3.09. The number of rotatable bonds is 2. The molecule has 2 aliphatic rings. The van der Waals surface area contributed by atoms with Crippen molar-refractivity contribution in [1.29, 1.82) is 0 Å². The molecule has 0 amide bonds. The second-order valence-electron chi connectivity index (χ2n) is 6.96. The lowest BCUT2D eigenvalue weighted by Gasteiger charge is -2.35. The third kappa shape index (κ3) is 2.92. The molecular weight excluding hydrogens is 339 g/mol. The Morgan fingerprint density at radius 2 is 1.75 bits per heavy atom. The van der Waals surface area contributed by atoms with Crippen LogP contribution in [0.1, 0.15) is 35.4 Å². The predicted molar refractivity (Wildman–Crippen MR) is 103 cm³/mol. The van der Waals surface area contributed by atoms with E-state index in [0.29, 0.717) is 5.92 Å². The van der Waals surface area contributed by atoms with E-state index in [1.807, 2.05) is 6.07 Å². The van der Waals surface area contributed by atoms with Gasteiger partial charge in [0.15, 0.2) is 0 Å². The van der Waals surface area contributed by atoms with Gasteiger partial charge in [-0.05, 0) is 54.8 Å². The van der Waals surface area contributed by atoms with Gasteiger partial charge in [0.2, 0.25) is 0 Å². The first kappa shape index (κ1) is 16.3. The van der Waals surface area contributed by atoms with Crippen molar-refractivity contribution in [3.05, 3.63) is 63.1 Å². The van der Waals surface area contributed by atoms with Crippen molar-refractivity contribution in [2.45, 2.75) is 25.3 Å². The van der Waals surface area contributed by atoms with Gasteiger partial charge in [0.05, 0.1) is 0 Å². The summed E-state index contributed by atoms with van der Waals surface area (Å²) in [5.41, 5.74) is 5.27. The number of hydrogen-bond acceptors (Lipinski definition) is 2. The number of likely N-dealkylation sites (N-methyl/N-ethyl adjacent to an activating group) is 1. The van der Waals surface area contributed by atoms with Gasteiger partial charge in [-0.1, -0.05) is 41.4 Å². The summed E-state index contributed by atoms with van der Waals surface area (Å²) >= 11 is 12.8. The number of anilines is 1. The van der Waals surface area contributed by atoms with E-state index in [1.54, 1.807) is 0 Å². The molecule has 0 spiro atoms. The largest absolute Gasteiger partial charge is 0.371 e. The van der Waals surface area contributed by atoms with Crippen LogP contribution in [0.2, 0.25) is 10.0 Å². The highest BCUT2D eigenvalue weighted by Gasteiger charge is 2.29. The Hall–Kier alpha value is -1.22. The fourth-order valence-corrected chi connectivity index (χ4v) is 4.71. The molecule has 2 aromatic rings. The molecule has 0 radical (unpaired) electrons. The second kappa shape index (κ2) is 6.59. The minimum absolute atomic E-state index is 0.312. The van der Waals surface area contributed by atoms with Crippen molar-refractivity contribution >= 4 is 28.9 Å². The summed E-state index contributed by atoms with van der Waals surface area (Å²) in [6.07, 6.45) is 2.57. The van der Waals surface area contributed by atoms with E-state index in [2.05, 4.69) is 47.2 Å². The van der Waals surface area contributed by atoms with Gasteiger partial charge in [-0.3, -0.25) is 0 Å². The summed E-state index contributed by atoms with van der Waals surface area (Å²) in [6, 6.07) is 12.8. The van der Waals surface area contributed by atoms with Crippen LogP contribution in [0.25, 0.3) is 0 Å². The predicted octanol–water partition coefficient (Wildman–Crippen LogP) is 5.17. The van der Waals surface area contributed by atoms with Crippen molar-refractivity contribution in [1.82, 2.24) is 4.90 Å². The molecule has 2 aliphatic heterocycles. The molecule has 24 heavy (non-hydrogen) atoms. The molecule has 0 N–H and O–H groups in total. The van der Waals surface area contributed by atoms with Crippen molar-refractivity contribution in [3.8, 4) is 0 Å². The third-order valence-electron chi connectivity index (χ3n) is 5.25. The number of halogens is 2. The summed E-state index contributed by atoms with van der Waals surface area (Å²) in [5.74, 6) is 0.312. The summed E-state index contributed by atoms with van der Waals surface area (Å²) in [4.78, 5) is 4.88. The zero-order valence-electron chi connectivity index (χ0n) is 13.9. The standard InChI is InChI=1S/C20H22Cl2N2/c1-23-12-17(16-10-14(21)11-19(22)18(16)13-23)15-6-2-3-7-20(15)24-8-4-5-9-24/h2-3,6-7,10-11,17H,4-5,8-9,12-13H2,1H3/t17-/m0/s1. The average molecular weight is 361 g/mol. The Kier molecular flexibility index (Phi) is 4.46. The molecule has 0 unspecified atom stereocenters. The summed E-state index contributed by atoms with van der Waals surface area (Å²) in [6.45, 7) is 4.19. The molecule has 2 nitrogen and oxygen atoms in total. The van der Waals surface area contributed by atoms with Crippen LogP contribution in [0, 0.1) is 0 Å². The lowest BCUT2D eigenvalue weighted by atomic mass is 9.84. The Balaban J connectivity index is 1.84. The maximum atomic E-state index is 6.51. The van der Waals surface area contributed by atoms with E-state index >= 15 is 0 Å². The number of para-hydroxylation sites is 1. The van der Waals surface area contributed by atoms with Gasteiger partial charge in [-0.25, -0.2) is 0 Å². The first-order valence-electron chi connectivity index (χ1n) is 8.63. The Morgan fingerprint density at radius 3 is 2.54 bits per heavy atom. The molecule has 2 aromatic carbocycles. The van der Waals surface area contributed by atoms with Gasteiger partial charge in [0, 0.05) is 47.8 Å². The van der Waals surface area contributed by atoms with Gasteiger partial charge in [-0.2, -0.15) is 0 Å². The lowest BCUT2D eigenvalue weighted by molar-refractivity contribution is 0.295. The maximum absolute atomic E-state index is 6.51. The highest BCUT2D eigenvalue weighted by Crippen LogP contribution is 2.41. The minimum atomic E-state index is 0.312. The van der Waals surface area contributed by atoms with Crippen molar-refractivity contribution in [2.75, 3.05) is 31.6 Å². The molecular formula is C20H22Cl2N2. The van der Waals surface area contributed by atoms with Crippen LogP contribution in [-0.2, 0) is 6.54 Å². The van der Waals surface area contributed by atoms with Crippen LogP contribution in [0.5, 0.6) is 0 Å². The molecule has 4 heteroatoms. The monoisotopic (exact) mass is 360 g/mol. The van der Waals surface area contributed by atoms with Crippen LogP contribution in [0.15, 0.2) is 36.4 Å². The SMILES string of the molecule is CN1Cc2c(Cl)cc(Cl)cc2[C@H](c2ccccc2N2CCCC2)C1. The van der Waals surface area contributed by atoms with Gasteiger partial charge in [0.1, 0.15) is 0 Å². The quantitative estimate of drug-likeness (QED) is 0.728. The van der Waals surface area contributed by atoms with Gasteiger partial charge < -0.3 is 9.80 Å². The first-order valence-corrected chi connectivity index (χ1v) is 9.39. The summed E-state index contributed by atoms with van der Waals surface area (Å²) in [7, 11) is 2.17. The molecule has 0 bridgehead atoms. The summed E-state index contributed by atoms with van der Waals surface area (Å²) in [5, 5.41) is 1.51. The molecule has 1 saturated heterocycles. The lowest BCUT2D eigenvalue weighted by Crippen LogP contribution is -2.32. The molecule has 0 saturated carbocycles. The van der Waals surface area contributed by atoms with E-state index in [1.165, 1.54) is 35.2 Å². The zero-order valence-corrected chi connectivity index (χ0v) is 15.4. The van der Waals surface area contributed by atoms with Gasteiger partial charge in [0.25, 0.3) is 0 Å². The second-order valence-corrected chi connectivity index (χ2v) is 7.80. The first-order chi connectivity index (χ1) is 11.6. The minimum Gasteiger partial charge on any atom is -0.371 e. The van der Waals surface area contributed by atoms with E-state index < -0.39 is 0 Å². The van der Waals surface area contributed by atoms with Crippen LogP contribution < -0.4 is 4.90 Å². The number of benzene rings is 2. The maximum Gasteiger partial charge on any atom is 0.0468 e. The molecule has 0 aliphatic carbocycles. The Bertz CT molecular complexity index is 753. The number of fused-ring (bicyclic) bond motifs is 1. The van der Waals surface area contributed by atoms with Crippen molar-refractivity contribution in [3.63, 3.8) is 0 Å². The topological polar surface area (TPSA) is 6.48 Å². The normalized spacial score (nSPS) is 21.1. The molecule has 126 valence electrons. The molecule has 1 atom stereocenters. The van der Waals surface area contributed by atoms with Crippen LogP contribution in [-0.4, -0.2) is 31.6 Å². The van der Waals surface area contributed by atoms with E-state index in [9.17, 15) is 0 Å². The van der Waals surface area contributed by atoms with Gasteiger partial charge in [-0.15, -0.1) is 0 Å². The smallest absolute Gasteiger partial charge is 0.0468 e. The van der Waals surface area contributed by atoms with Crippen LogP contribution >= 0.6 is 23.2 Å². The Morgan fingerprint density at radius 1 is 1.00 bits per heavy atom. The molecule has 0 aromatic heterocycles. The van der Waals surface area contributed by atoms with Crippen LogP contribution in [0.4, 0.5) is 5.69 Å².